The number of piperazine rings is 1. The van der Waals surface area contributed by atoms with Crippen LogP contribution in [0.4, 0.5) is 16.2 Å². The van der Waals surface area contributed by atoms with Gasteiger partial charge in [-0.25, -0.2) is 9.78 Å². The van der Waals surface area contributed by atoms with E-state index < -0.39 is 6.04 Å². The number of anilines is 2. The molecule has 13 nitrogen and oxygen atoms in total. The summed E-state index contributed by atoms with van der Waals surface area (Å²) in [6.45, 7) is 10.0. The van der Waals surface area contributed by atoms with E-state index in [9.17, 15) is 14.4 Å². The van der Waals surface area contributed by atoms with E-state index in [2.05, 4.69) is 35.1 Å². The second kappa shape index (κ2) is 13.2. The van der Waals surface area contributed by atoms with Crippen LogP contribution in [-0.2, 0) is 9.53 Å². The van der Waals surface area contributed by atoms with E-state index in [4.69, 9.17) is 21.2 Å². The van der Waals surface area contributed by atoms with Crippen molar-refractivity contribution in [3.8, 4) is 11.4 Å². The Labute approximate surface area is 256 Å². The molecule has 2 aliphatic heterocycles. The van der Waals surface area contributed by atoms with Gasteiger partial charge >= 0.3 is 6.09 Å². The maximum absolute atomic E-state index is 13.7. The maximum atomic E-state index is 13.7. The lowest BCUT2D eigenvalue weighted by molar-refractivity contribution is -0.119. The molecule has 3 heterocycles. The molecule has 1 fully saturated rings. The van der Waals surface area contributed by atoms with Gasteiger partial charge in [-0.15, -0.1) is 0 Å². The van der Waals surface area contributed by atoms with E-state index in [0.29, 0.717) is 74.8 Å². The number of nitrogens with one attached hydrogen (secondary N) is 1. The first-order valence-corrected chi connectivity index (χ1v) is 15.2. The Morgan fingerprint density at radius 1 is 1.05 bits per heavy atom. The number of benzene rings is 2. The zero-order valence-corrected chi connectivity index (χ0v) is 25.6. The number of carbonyl (C=O) groups excluding carboxylic acids is 3. The predicted molar refractivity (Wildman–Crippen MR) is 171 cm³/mol. The molecule has 234 valence electrons. The molecule has 0 aliphatic carbocycles. The summed E-state index contributed by atoms with van der Waals surface area (Å²) in [7, 11) is 0. The molecule has 5 N–H and O–H groups in total. The molecule has 3 amide bonds. The van der Waals surface area contributed by atoms with Crippen molar-refractivity contribution in [3.05, 3.63) is 42.0 Å². The molecular weight excluding hydrogens is 562 g/mol. The van der Waals surface area contributed by atoms with Gasteiger partial charge in [-0.05, 0) is 70.0 Å². The molecule has 5 rings (SSSR count). The zero-order chi connectivity index (χ0) is 31.4. The van der Waals surface area contributed by atoms with Crippen LogP contribution in [0.25, 0.3) is 22.4 Å². The van der Waals surface area contributed by atoms with Crippen molar-refractivity contribution in [1.29, 1.82) is 0 Å². The lowest BCUT2D eigenvalue weighted by atomic mass is 10.1. The first-order valence-electron chi connectivity index (χ1n) is 15.2. The van der Waals surface area contributed by atoms with E-state index in [0.717, 1.165) is 29.9 Å². The molecule has 3 aromatic rings. The lowest BCUT2D eigenvalue weighted by Crippen LogP contribution is -2.50. The number of amides is 3. The van der Waals surface area contributed by atoms with E-state index in [-0.39, 0.29) is 23.9 Å². The summed E-state index contributed by atoms with van der Waals surface area (Å²) in [5, 5.41) is 3.11. The fourth-order valence-electron chi connectivity index (χ4n) is 5.92. The summed E-state index contributed by atoms with van der Waals surface area (Å²) in [6, 6.07) is 10.9. The Morgan fingerprint density at radius 3 is 2.45 bits per heavy atom. The summed E-state index contributed by atoms with van der Waals surface area (Å²) in [5.74, 6) is 0.389. The Bertz CT molecular complexity index is 1570. The number of aromatic nitrogens is 2. The minimum atomic E-state index is -0.564. The number of hydrogen-bond donors (Lipinski definition) is 3. The third-order valence-corrected chi connectivity index (χ3v) is 8.20. The van der Waals surface area contributed by atoms with Crippen LogP contribution in [0, 0.1) is 0 Å². The Hall–Kier alpha value is -4.81. The molecule has 0 radical (unpaired) electrons. The Balaban J connectivity index is 1.52. The van der Waals surface area contributed by atoms with Gasteiger partial charge in [0.05, 0.1) is 23.3 Å². The molecule has 44 heavy (non-hydrogen) atoms. The molecule has 2 aliphatic rings. The number of hydrogen-bond acceptors (Lipinski definition) is 7. The minimum absolute atomic E-state index is 0.0138. The van der Waals surface area contributed by atoms with Crippen LogP contribution in [-0.4, -0.2) is 95.6 Å². The third-order valence-electron chi connectivity index (χ3n) is 8.20. The van der Waals surface area contributed by atoms with Gasteiger partial charge in [0.25, 0.3) is 5.91 Å². The van der Waals surface area contributed by atoms with Crippen molar-refractivity contribution in [1.82, 2.24) is 19.4 Å². The summed E-state index contributed by atoms with van der Waals surface area (Å²) in [5.41, 5.74) is 15.4. The van der Waals surface area contributed by atoms with E-state index in [1.165, 1.54) is 0 Å². The predicted octanol–water partition coefficient (Wildman–Crippen LogP) is 3.01. The van der Waals surface area contributed by atoms with Crippen molar-refractivity contribution in [2.45, 2.75) is 39.7 Å². The van der Waals surface area contributed by atoms with Crippen LogP contribution in [0.15, 0.2) is 41.4 Å². The number of fused-ring (bicyclic) bond motifs is 5. The van der Waals surface area contributed by atoms with Crippen LogP contribution in [0.3, 0.4) is 0 Å². The number of imidazole rings is 1. The lowest BCUT2D eigenvalue weighted by Gasteiger charge is -2.34. The highest BCUT2D eigenvalue weighted by molar-refractivity contribution is 6.03. The van der Waals surface area contributed by atoms with Gasteiger partial charge in [0.15, 0.2) is 5.96 Å². The standard InChI is InChI=1S/C31H41N9O4/c1-4-37(5-2)21-10-11-23-22(19-21)27-35-24-18-20(29(42)38-14-16-39(17-15-38)31(43)44-6-3)9-12-25(24)40(27)26(28(41)36-23)8-7-13-34-30(32)33/h9-12,18-19,26H,4-8,13-17H2,1-3H3,(H,36,41)(H4,32,33,34). The van der Waals surface area contributed by atoms with Crippen molar-refractivity contribution >= 4 is 46.3 Å². The number of aliphatic imine (C=N–C) groups is 1. The molecular formula is C31H41N9O4. The largest absolute Gasteiger partial charge is 0.450 e. The number of rotatable bonds is 9. The highest BCUT2D eigenvalue weighted by atomic mass is 16.6. The number of guanidine groups is 1. The Kier molecular flexibility index (Phi) is 9.21. The van der Waals surface area contributed by atoms with Gasteiger partial charge in [-0.1, -0.05) is 0 Å². The molecule has 1 saturated heterocycles. The highest BCUT2D eigenvalue weighted by Gasteiger charge is 2.32. The topological polar surface area (TPSA) is 164 Å². The zero-order valence-electron chi connectivity index (χ0n) is 25.6. The molecule has 1 unspecified atom stereocenters. The summed E-state index contributed by atoms with van der Waals surface area (Å²) in [6.07, 6.45) is 0.718. The summed E-state index contributed by atoms with van der Waals surface area (Å²) < 4.78 is 7.08. The van der Waals surface area contributed by atoms with Crippen LogP contribution < -0.4 is 21.7 Å². The number of carbonyl (C=O) groups is 3. The van der Waals surface area contributed by atoms with E-state index >= 15 is 0 Å². The molecule has 1 atom stereocenters. The van der Waals surface area contributed by atoms with Crippen molar-refractivity contribution in [3.63, 3.8) is 0 Å². The van der Waals surface area contributed by atoms with Crippen LogP contribution in [0.1, 0.15) is 50.0 Å². The SMILES string of the molecule is CCOC(=O)N1CCN(C(=O)c2ccc3c(c2)nc2n3C(CCCN=C(N)N)C(=O)Nc3ccc(N(CC)CC)cc3-2)CC1. The third kappa shape index (κ3) is 6.12. The van der Waals surface area contributed by atoms with Gasteiger partial charge in [0.1, 0.15) is 11.9 Å². The quantitative estimate of drug-likeness (QED) is 0.191. The highest BCUT2D eigenvalue weighted by Crippen LogP contribution is 2.40. The van der Waals surface area contributed by atoms with Crippen LogP contribution >= 0.6 is 0 Å². The van der Waals surface area contributed by atoms with E-state index in [1.54, 1.807) is 28.9 Å². The second-order valence-electron chi connectivity index (χ2n) is 10.8. The first kappa shape index (κ1) is 30.6. The van der Waals surface area contributed by atoms with Gasteiger partial charge in [-0.2, -0.15) is 0 Å². The summed E-state index contributed by atoms with van der Waals surface area (Å²) in [4.78, 5) is 54.0. The van der Waals surface area contributed by atoms with Crippen LogP contribution in [0.5, 0.6) is 0 Å². The van der Waals surface area contributed by atoms with Crippen LogP contribution in [0.2, 0.25) is 0 Å². The van der Waals surface area contributed by atoms with Gasteiger partial charge < -0.3 is 40.8 Å². The van der Waals surface area contributed by atoms with Gasteiger partial charge in [0.2, 0.25) is 5.91 Å². The molecule has 0 spiro atoms. The minimum Gasteiger partial charge on any atom is -0.450 e. The van der Waals surface area contributed by atoms with Crippen molar-refractivity contribution < 1.29 is 19.1 Å². The normalized spacial score (nSPS) is 16.1. The second-order valence-corrected chi connectivity index (χ2v) is 10.8. The number of ether oxygens (including phenoxy) is 1. The fraction of sp³-hybridized carbons (Fsp3) is 0.452. The average Bonchev–Trinajstić information content (AvgIpc) is 3.35. The number of nitrogens with two attached hydrogens (primary N) is 2. The number of nitrogens with zero attached hydrogens (tertiary/aromatic N) is 6. The molecule has 0 saturated carbocycles. The smallest absolute Gasteiger partial charge is 0.409 e. The molecule has 1 aromatic heterocycles. The average molecular weight is 604 g/mol. The van der Waals surface area contributed by atoms with Crippen molar-refractivity contribution in [2.75, 3.05) is 62.6 Å². The maximum Gasteiger partial charge on any atom is 0.409 e. The van der Waals surface area contributed by atoms with Gasteiger partial charge in [-0.3, -0.25) is 14.6 Å². The fourth-order valence-corrected chi connectivity index (χ4v) is 5.92. The first-order chi connectivity index (χ1) is 21.2. The molecule has 13 heteroatoms. The van der Waals surface area contributed by atoms with Gasteiger partial charge in [0, 0.05) is 62.6 Å². The molecule has 0 bridgehead atoms. The van der Waals surface area contributed by atoms with Crippen molar-refractivity contribution in [2.24, 2.45) is 16.5 Å². The Morgan fingerprint density at radius 2 is 1.77 bits per heavy atom. The molecule has 2 aromatic carbocycles. The monoisotopic (exact) mass is 603 g/mol. The van der Waals surface area contributed by atoms with E-state index in [1.807, 2.05) is 22.8 Å². The summed E-state index contributed by atoms with van der Waals surface area (Å²) >= 11 is 0.